The second-order valence-electron chi connectivity index (χ2n) is 4.22. The topological polar surface area (TPSA) is 61.6 Å². The van der Waals surface area contributed by atoms with Crippen LogP contribution in [0.25, 0.3) is 0 Å². The molecule has 0 spiro atoms. The van der Waals surface area contributed by atoms with Gasteiger partial charge in [-0.15, -0.1) is 11.6 Å². The first-order valence-electron chi connectivity index (χ1n) is 5.62. The summed E-state index contributed by atoms with van der Waals surface area (Å²) in [7, 11) is 1.57. The predicted octanol–water partition coefficient (Wildman–Crippen LogP) is 2.27. The Morgan fingerprint density at radius 2 is 2.17 bits per heavy atom. The van der Waals surface area contributed by atoms with Crippen molar-refractivity contribution in [1.82, 2.24) is 0 Å². The third-order valence-electron chi connectivity index (χ3n) is 3.17. The number of hydrogen-bond acceptors (Lipinski definition) is 4. The normalized spacial score (nSPS) is 27.1. The highest BCUT2D eigenvalue weighted by Crippen LogP contribution is 2.35. The van der Waals surface area contributed by atoms with Crippen molar-refractivity contribution in [2.75, 3.05) is 19.6 Å². The summed E-state index contributed by atoms with van der Waals surface area (Å²) < 4.78 is 10.6. The van der Waals surface area contributed by atoms with E-state index >= 15 is 0 Å². The minimum absolute atomic E-state index is 0.234. The quantitative estimate of drug-likeness (QED) is 0.479. The zero-order valence-electron chi connectivity index (χ0n) is 9.91. The summed E-state index contributed by atoms with van der Waals surface area (Å²) in [5.41, 5.74) is 0.783. The molecule has 1 fully saturated rings. The van der Waals surface area contributed by atoms with Gasteiger partial charge in [-0.25, -0.2) is 0 Å². The monoisotopic (exact) mass is 271 g/mol. The van der Waals surface area contributed by atoms with Crippen LogP contribution in [0.2, 0.25) is 0 Å². The van der Waals surface area contributed by atoms with Gasteiger partial charge >= 0.3 is 0 Å². The van der Waals surface area contributed by atoms with E-state index in [1.54, 1.807) is 31.4 Å². The molecule has 1 heterocycles. The molecule has 3 atom stereocenters. The van der Waals surface area contributed by atoms with E-state index in [-0.39, 0.29) is 16.7 Å². The lowest BCUT2D eigenvalue weighted by Gasteiger charge is -2.15. The first kappa shape index (κ1) is 13.1. The lowest BCUT2D eigenvalue weighted by Crippen LogP contribution is -2.31. The van der Waals surface area contributed by atoms with E-state index in [2.05, 4.69) is 0 Å². The van der Waals surface area contributed by atoms with Gasteiger partial charge < -0.3 is 9.47 Å². The standard InChI is InChI=1S/C12H14ClNO4/c1-17-10-4-2-8(3-5-10)12-11(14(15)16)9(6-13)7-18-12/h2-5,9,11-12H,6-7H2,1H3/t9?,11-,12+/m0/s1. The number of nitro groups is 1. The Bertz CT molecular complexity index is 423. The lowest BCUT2D eigenvalue weighted by molar-refractivity contribution is -0.534. The molecule has 98 valence electrons. The maximum absolute atomic E-state index is 11.1. The van der Waals surface area contributed by atoms with E-state index in [4.69, 9.17) is 21.1 Å². The molecule has 1 unspecified atom stereocenters. The number of benzene rings is 1. The van der Waals surface area contributed by atoms with Gasteiger partial charge in [-0.3, -0.25) is 10.1 Å². The van der Waals surface area contributed by atoms with Crippen LogP contribution in [0.15, 0.2) is 24.3 Å². The summed E-state index contributed by atoms with van der Waals surface area (Å²) in [6, 6.07) is 6.33. The van der Waals surface area contributed by atoms with Crippen LogP contribution >= 0.6 is 11.6 Å². The molecular weight excluding hydrogens is 258 g/mol. The fourth-order valence-corrected chi connectivity index (χ4v) is 2.45. The van der Waals surface area contributed by atoms with Crippen molar-refractivity contribution in [3.8, 4) is 5.75 Å². The van der Waals surface area contributed by atoms with Gasteiger partial charge in [0, 0.05) is 10.8 Å². The zero-order valence-corrected chi connectivity index (χ0v) is 10.7. The van der Waals surface area contributed by atoms with Crippen LogP contribution in [0.4, 0.5) is 0 Å². The van der Waals surface area contributed by atoms with Gasteiger partial charge in [0.2, 0.25) is 6.04 Å². The van der Waals surface area contributed by atoms with Crippen molar-refractivity contribution < 1.29 is 14.4 Å². The third-order valence-corrected chi connectivity index (χ3v) is 3.57. The van der Waals surface area contributed by atoms with E-state index in [1.165, 1.54) is 0 Å². The second kappa shape index (κ2) is 5.54. The van der Waals surface area contributed by atoms with Crippen molar-refractivity contribution in [3.63, 3.8) is 0 Å². The largest absolute Gasteiger partial charge is 0.497 e. The van der Waals surface area contributed by atoms with Gasteiger partial charge in [0.1, 0.15) is 5.75 Å². The Balaban J connectivity index is 2.23. The van der Waals surface area contributed by atoms with Crippen molar-refractivity contribution in [1.29, 1.82) is 0 Å². The first-order valence-corrected chi connectivity index (χ1v) is 6.16. The molecule has 1 aromatic rings. The van der Waals surface area contributed by atoms with Crippen LogP contribution in [0.1, 0.15) is 11.7 Å². The zero-order chi connectivity index (χ0) is 13.1. The fraction of sp³-hybridized carbons (Fsp3) is 0.500. The molecule has 0 radical (unpaired) electrons. The number of alkyl halides is 1. The molecule has 5 nitrogen and oxygen atoms in total. The highest BCUT2D eigenvalue weighted by atomic mass is 35.5. The molecule has 0 aliphatic carbocycles. The molecule has 0 bridgehead atoms. The Morgan fingerprint density at radius 3 is 2.67 bits per heavy atom. The fourth-order valence-electron chi connectivity index (χ4n) is 2.18. The smallest absolute Gasteiger partial charge is 0.249 e. The minimum Gasteiger partial charge on any atom is -0.497 e. The third kappa shape index (κ3) is 2.42. The SMILES string of the molecule is COc1ccc([C@H]2OCC(CCl)[C@@H]2[N+](=O)[O-])cc1. The maximum atomic E-state index is 11.1. The maximum Gasteiger partial charge on any atom is 0.249 e. The van der Waals surface area contributed by atoms with Crippen LogP contribution in [-0.4, -0.2) is 30.6 Å². The molecule has 1 saturated heterocycles. The highest BCUT2D eigenvalue weighted by molar-refractivity contribution is 6.18. The molecule has 1 aliphatic rings. The summed E-state index contributed by atoms with van der Waals surface area (Å²) in [6.45, 7) is 0.325. The lowest BCUT2D eigenvalue weighted by atomic mass is 9.96. The van der Waals surface area contributed by atoms with Crippen LogP contribution in [0.5, 0.6) is 5.75 Å². The van der Waals surface area contributed by atoms with Crippen molar-refractivity contribution in [2.24, 2.45) is 5.92 Å². The Morgan fingerprint density at radius 1 is 1.50 bits per heavy atom. The Kier molecular flexibility index (Phi) is 4.04. The van der Waals surface area contributed by atoms with E-state index in [9.17, 15) is 10.1 Å². The van der Waals surface area contributed by atoms with Crippen LogP contribution in [-0.2, 0) is 4.74 Å². The van der Waals surface area contributed by atoms with Gasteiger partial charge in [0.25, 0.3) is 0 Å². The van der Waals surface area contributed by atoms with Gasteiger partial charge in [-0.2, -0.15) is 0 Å². The van der Waals surface area contributed by atoms with E-state index < -0.39 is 12.1 Å². The van der Waals surface area contributed by atoms with Gasteiger partial charge in [-0.05, 0) is 17.7 Å². The molecule has 0 amide bonds. The van der Waals surface area contributed by atoms with Gasteiger partial charge in [0.05, 0.1) is 19.6 Å². The molecule has 0 saturated carbocycles. The number of hydrogen-bond donors (Lipinski definition) is 0. The summed E-state index contributed by atoms with van der Waals surface area (Å²) >= 11 is 5.74. The van der Waals surface area contributed by atoms with Gasteiger partial charge in [0.15, 0.2) is 6.10 Å². The molecule has 0 N–H and O–H groups in total. The van der Waals surface area contributed by atoms with Crippen molar-refractivity contribution >= 4 is 11.6 Å². The Labute approximate surface area is 110 Å². The van der Waals surface area contributed by atoms with Crippen molar-refractivity contribution in [3.05, 3.63) is 39.9 Å². The number of nitrogens with zero attached hydrogens (tertiary/aromatic N) is 1. The summed E-state index contributed by atoms with van der Waals surface area (Å²) in [5.74, 6) is 0.704. The predicted molar refractivity (Wildman–Crippen MR) is 66.7 cm³/mol. The molecule has 0 aromatic heterocycles. The number of methoxy groups -OCH3 is 1. The van der Waals surface area contributed by atoms with Crippen LogP contribution < -0.4 is 4.74 Å². The molecule has 18 heavy (non-hydrogen) atoms. The molecule has 2 rings (SSSR count). The number of halogens is 1. The molecule has 1 aliphatic heterocycles. The Hall–Kier alpha value is -1.33. The summed E-state index contributed by atoms with van der Waals surface area (Å²) in [4.78, 5) is 10.8. The van der Waals surface area contributed by atoms with Gasteiger partial charge in [-0.1, -0.05) is 12.1 Å². The summed E-state index contributed by atoms with van der Waals surface area (Å²) in [6.07, 6.45) is -0.533. The van der Waals surface area contributed by atoms with E-state index in [1.807, 2.05) is 0 Å². The average Bonchev–Trinajstić information content (AvgIpc) is 2.82. The molecule has 1 aromatic carbocycles. The minimum atomic E-state index is -0.782. The van der Waals surface area contributed by atoms with Crippen molar-refractivity contribution in [2.45, 2.75) is 12.1 Å². The van der Waals surface area contributed by atoms with Crippen LogP contribution in [0.3, 0.4) is 0 Å². The number of ether oxygens (including phenoxy) is 2. The second-order valence-corrected chi connectivity index (χ2v) is 4.53. The highest BCUT2D eigenvalue weighted by Gasteiger charge is 2.46. The summed E-state index contributed by atoms with van der Waals surface area (Å²) in [5, 5.41) is 11.1. The molecule has 6 heteroatoms. The van der Waals surface area contributed by atoms with E-state index in [0.29, 0.717) is 12.4 Å². The first-order chi connectivity index (χ1) is 8.67. The average molecular weight is 272 g/mol. The number of rotatable bonds is 4. The van der Waals surface area contributed by atoms with E-state index in [0.717, 1.165) is 5.56 Å². The molecular formula is C12H14ClNO4. The van der Waals surface area contributed by atoms with Crippen LogP contribution in [0, 0.1) is 16.0 Å².